The lowest BCUT2D eigenvalue weighted by Crippen LogP contribution is -2.12. The second kappa shape index (κ2) is 3.29. The van der Waals surface area contributed by atoms with Crippen molar-refractivity contribution in [2.75, 3.05) is 0 Å². The average molecular weight is 202 g/mol. The van der Waals surface area contributed by atoms with Crippen LogP contribution in [0.15, 0.2) is 0 Å². The van der Waals surface area contributed by atoms with E-state index in [4.69, 9.17) is 11.6 Å². The van der Waals surface area contributed by atoms with Crippen molar-refractivity contribution in [1.82, 2.24) is 15.0 Å². The summed E-state index contributed by atoms with van der Waals surface area (Å²) < 4.78 is 1.74. The Kier molecular flexibility index (Phi) is 2.66. The third-order valence-corrected chi connectivity index (χ3v) is 2.19. The minimum Gasteiger partial charge on any atom is -0.231 e. The van der Waals surface area contributed by atoms with E-state index < -0.39 is 0 Å². The first kappa shape index (κ1) is 10.5. The van der Waals surface area contributed by atoms with Crippen molar-refractivity contribution in [3.05, 3.63) is 10.8 Å². The Morgan fingerprint density at radius 1 is 1.31 bits per heavy atom. The van der Waals surface area contributed by atoms with Gasteiger partial charge in [0.25, 0.3) is 0 Å². The summed E-state index contributed by atoms with van der Waals surface area (Å²) >= 11 is 6.14. The number of aromatic nitrogens is 3. The highest BCUT2D eigenvalue weighted by Crippen LogP contribution is 2.28. The third-order valence-electron chi connectivity index (χ3n) is 1.84. The first-order chi connectivity index (χ1) is 5.84. The molecule has 0 amide bonds. The van der Waals surface area contributed by atoms with Gasteiger partial charge in [0.1, 0.15) is 5.69 Å². The fourth-order valence-corrected chi connectivity index (χ4v) is 1.62. The molecule has 0 atom stereocenters. The fourth-order valence-electron chi connectivity index (χ4n) is 1.07. The van der Waals surface area contributed by atoms with Crippen LogP contribution in [0.25, 0.3) is 0 Å². The molecule has 0 unspecified atom stereocenters. The lowest BCUT2D eigenvalue weighted by atomic mass is 9.93. The minimum absolute atomic E-state index is 0.0375. The number of hydrogen-bond acceptors (Lipinski definition) is 2. The highest BCUT2D eigenvalue weighted by atomic mass is 35.5. The second-order valence-corrected chi connectivity index (χ2v) is 4.88. The maximum absolute atomic E-state index is 6.14. The van der Waals surface area contributed by atoms with Crippen LogP contribution in [0.2, 0.25) is 5.15 Å². The number of halogens is 1. The van der Waals surface area contributed by atoms with Gasteiger partial charge in [0.15, 0.2) is 5.15 Å². The molecular weight excluding hydrogens is 186 g/mol. The van der Waals surface area contributed by atoms with Gasteiger partial charge in [-0.15, -0.1) is 5.10 Å². The number of hydrogen-bond donors (Lipinski definition) is 0. The highest BCUT2D eigenvalue weighted by molar-refractivity contribution is 6.30. The van der Waals surface area contributed by atoms with E-state index in [1.165, 1.54) is 0 Å². The van der Waals surface area contributed by atoms with Crippen LogP contribution in [0.1, 0.15) is 46.4 Å². The summed E-state index contributed by atoms with van der Waals surface area (Å²) in [6.45, 7) is 10.3. The molecule has 0 aliphatic rings. The van der Waals surface area contributed by atoms with Crippen molar-refractivity contribution in [3.63, 3.8) is 0 Å². The Labute approximate surface area is 84.1 Å². The van der Waals surface area contributed by atoms with Gasteiger partial charge in [0.05, 0.1) is 0 Å². The lowest BCUT2D eigenvalue weighted by molar-refractivity contribution is 0.514. The molecule has 0 N–H and O–H groups in total. The largest absolute Gasteiger partial charge is 0.231 e. The van der Waals surface area contributed by atoms with Crippen molar-refractivity contribution in [2.24, 2.45) is 0 Å². The molecule has 1 rings (SSSR count). The molecular formula is C9H16ClN3. The molecule has 0 fully saturated rings. The van der Waals surface area contributed by atoms with Crippen LogP contribution >= 0.6 is 11.6 Å². The molecule has 0 spiro atoms. The average Bonchev–Trinajstić information content (AvgIpc) is 2.28. The van der Waals surface area contributed by atoms with Gasteiger partial charge in [0.2, 0.25) is 0 Å². The lowest BCUT2D eigenvalue weighted by Gasteiger charge is -2.15. The minimum atomic E-state index is -0.0375. The molecule has 0 saturated heterocycles. The predicted molar refractivity (Wildman–Crippen MR) is 54.1 cm³/mol. The first-order valence-corrected chi connectivity index (χ1v) is 4.83. The molecule has 1 heterocycles. The first-order valence-electron chi connectivity index (χ1n) is 4.45. The van der Waals surface area contributed by atoms with Gasteiger partial charge in [-0.2, -0.15) is 0 Å². The van der Waals surface area contributed by atoms with Crippen LogP contribution in [0.4, 0.5) is 0 Å². The SMILES string of the molecule is CC(C)n1nnc(C(C)(C)C)c1Cl. The van der Waals surface area contributed by atoms with Crippen LogP contribution in [0.5, 0.6) is 0 Å². The van der Waals surface area contributed by atoms with Crippen molar-refractivity contribution >= 4 is 11.6 Å². The molecule has 1 aromatic heterocycles. The van der Waals surface area contributed by atoms with Crippen molar-refractivity contribution < 1.29 is 0 Å². The second-order valence-electron chi connectivity index (χ2n) is 4.52. The Balaban J connectivity index is 3.14. The van der Waals surface area contributed by atoms with Gasteiger partial charge < -0.3 is 0 Å². The summed E-state index contributed by atoms with van der Waals surface area (Å²) in [5.41, 5.74) is 0.826. The van der Waals surface area contributed by atoms with E-state index in [1.807, 2.05) is 13.8 Å². The maximum Gasteiger partial charge on any atom is 0.151 e. The summed E-state index contributed by atoms with van der Waals surface area (Å²) in [5, 5.41) is 8.76. The van der Waals surface area contributed by atoms with E-state index in [2.05, 4.69) is 31.1 Å². The molecule has 0 aliphatic carbocycles. The van der Waals surface area contributed by atoms with E-state index in [0.717, 1.165) is 5.69 Å². The Bertz CT molecular complexity index is 296. The van der Waals surface area contributed by atoms with Crippen molar-refractivity contribution in [2.45, 2.75) is 46.1 Å². The van der Waals surface area contributed by atoms with Crippen LogP contribution in [-0.2, 0) is 5.41 Å². The summed E-state index contributed by atoms with van der Waals surface area (Å²) in [6.07, 6.45) is 0. The molecule has 0 radical (unpaired) electrons. The summed E-state index contributed by atoms with van der Waals surface area (Å²) in [7, 11) is 0. The van der Waals surface area contributed by atoms with Gasteiger partial charge in [-0.3, -0.25) is 0 Å². The quantitative estimate of drug-likeness (QED) is 0.700. The Hall–Kier alpha value is -0.570. The van der Waals surface area contributed by atoms with E-state index in [9.17, 15) is 0 Å². The topological polar surface area (TPSA) is 30.7 Å². The molecule has 3 nitrogen and oxygen atoms in total. The van der Waals surface area contributed by atoms with E-state index in [0.29, 0.717) is 5.15 Å². The molecule has 4 heteroatoms. The van der Waals surface area contributed by atoms with Crippen LogP contribution < -0.4 is 0 Å². The summed E-state index contributed by atoms with van der Waals surface area (Å²) in [4.78, 5) is 0. The monoisotopic (exact) mass is 201 g/mol. The molecule has 74 valence electrons. The summed E-state index contributed by atoms with van der Waals surface area (Å²) in [6, 6.07) is 0.260. The molecule has 0 aromatic carbocycles. The Morgan fingerprint density at radius 2 is 1.85 bits per heavy atom. The van der Waals surface area contributed by atoms with Crippen LogP contribution in [-0.4, -0.2) is 15.0 Å². The normalized spacial score (nSPS) is 12.5. The number of nitrogens with zero attached hydrogens (tertiary/aromatic N) is 3. The van der Waals surface area contributed by atoms with Gasteiger partial charge >= 0.3 is 0 Å². The molecule has 0 bridgehead atoms. The molecule has 1 aromatic rings. The fraction of sp³-hybridized carbons (Fsp3) is 0.778. The zero-order valence-corrected chi connectivity index (χ0v) is 9.55. The van der Waals surface area contributed by atoms with E-state index in [1.54, 1.807) is 4.68 Å². The molecule has 0 aliphatic heterocycles. The summed E-state index contributed by atoms with van der Waals surface area (Å²) in [5.74, 6) is 0. The van der Waals surface area contributed by atoms with E-state index in [-0.39, 0.29) is 11.5 Å². The van der Waals surface area contributed by atoms with E-state index >= 15 is 0 Å². The standard InChI is InChI=1S/C9H16ClN3/c1-6(2)13-8(10)7(11-12-13)9(3,4)5/h6H,1-5H3. The van der Waals surface area contributed by atoms with Gasteiger partial charge in [-0.05, 0) is 13.8 Å². The van der Waals surface area contributed by atoms with Gasteiger partial charge in [0, 0.05) is 11.5 Å². The molecule has 13 heavy (non-hydrogen) atoms. The van der Waals surface area contributed by atoms with Crippen molar-refractivity contribution in [1.29, 1.82) is 0 Å². The smallest absolute Gasteiger partial charge is 0.151 e. The number of rotatable bonds is 1. The zero-order valence-electron chi connectivity index (χ0n) is 8.80. The van der Waals surface area contributed by atoms with Crippen LogP contribution in [0.3, 0.4) is 0 Å². The van der Waals surface area contributed by atoms with Crippen LogP contribution in [0, 0.1) is 0 Å². The maximum atomic E-state index is 6.14. The van der Waals surface area contributed by atoms with Gasteiger partial charge in [-0.25, -0.2) is 4.68 Å². The van der Waals surface area contributed by atoms with Crippen molar-refractivity contribution in [3.8, 4) is 0 Å². The van der Waals surface area contributed by atoms with Gasteiger partial charge in [-0.1, -0.05) is 37.6 Å². The zero-order chi connectivity index (χ0) is 10.2. The third kappa shape index (κ3) is 2.02. The predicted octanol–water partition coefficient (Wildman–Crippen LogP) is 2.81. The highest BCUT2D eigenvalue weighted by Gasteiger charge is 2.23. The molecule has 0 saturated carbocycles. The Morgan fingerprint density at radius 3 is 2.08 bits per heavy atom.